The molecule has 9 heteroatoms. The quantitative estimate of drug-likeness (QED) is 0.284. The molecule has 0 saturated carbocycles. The highest BCUT2D eigenvalue weighted by Gasteiger charge is 2.18. The third kappa shape index (κ3) is 4.64. The molecule has 6 rings (SSSR count). The lowest BCUT2D eigenvalue weighted by Gasteiger charge is -2.29. The predicted molar refractivity (Wildman–Crippen MR) is 137 cm³/mol. The minimum atomic E-state index is -0.284. The molecule has 3 aromatic carbocycles. The second-order valence-corrected chi connectivity index (χ2v) is 9.64. The van der Waals surface area contributed by atoms with Gasteiger partial charge in [-0.05, 0) is 53.6 Å². The van der Waals surface area contributed by atoms with Crippen molar-refractivity contribution in [2.45, 2.75) is 17.5 Å². The van der Waals surface area contributed by atoms with Crippen LogP contribution in [-0.4, -0.2) is 42.6 Å². The average molecular weight is 506 g/mol. The second kappa shape index (κ2) is 9.83. The number of hydrogen-bond acceptors (Lipinski definition) is 7. The van der Waals surface area contributed by atoms with Crippen LogP contribution in [0.15, 0.2) is 70.6 Å². The highest BCUT2D eigenvalue weighted by atomic mass is 32.2. The summed E-state index contributed by atoms with van der Waals surface area (Å²) in [6.45, 7) is 3.42. The largest absolute Gasteiger partial charge is 0.454 e. The van der Waals surface area contributed by atoms with Gasteiger partial charge < -0.3 is 19.1 Å². The van der Waals surface area contributed by atoms with Crippen molar-refractivity contribution in [1.82, 2.24) is 9.55 Å². The maximum absolute atomic E-state index is 13.8. The first-order chi connectivity index (χ1) is 17.6. The fourth-order valence-corrected chi connectivity index (χ4v) is 5.39. The topological polar surface area (TPSA) is 65.8 Å². The minimum Gasteiger partial charge on any atom is -0.454 e. The molecule has 0 aliphatic carbocycles. The Morgan fingerprint density at radius 3 is 2.67 bits per heavy atom. The lowest BCUT2D eigenvalue weighted by Crippen LogP contribution is -2.36. The van der Waals surface area contributed by atoms with Crippen molar-refractivity contribution >= 4 is 28.4 Å². The van der Waals surface area contributed by atoms with E-state index in [1.807, 2.05) is 42.5 Å². The number of aromatic nitrogens is 2. The fraction of sp³-hybridized carbons (Fsp3) is 0.259. The van der Waals surface area contributed by atoms with Crippen LogP contribution in [0, 0.1) is 5.82 Å². The summed E-state index contributed by atoms with van der Waals surface area (Å²) in [7, 11) is 0. The molecule has 0 amide bonds. The van der Waals surface area contributed by atoms with Gasteiger partial charge in [0.05, 0.1) is 30.7 Å². The van der Waals surface area contributed by atoms with E-state index in [1.165, 1.54) is 23.9 Å². The number of morpholine rings is 1. The zero-order valence-corrected chi connectivity index (χ0v) is 20.3. The van der Waals surface area contributed by atoms with E-state index in [0.29, 0.717) is 53.1 Å². The summed E-state index contributed by atoms with van der Waals surface area (Å²) in [5.41, 5.74) is 3.24. The van der Waals surface area contributed by atoms with E-state index in [4.69, 9.17) is 19.2 Å². The number of hydrogen-bond donors (Lipinski definition) is 0. The van der Waals surface area contributed by atoms with E-state index in [0.717, 1.165) is 29.9 Å². The van der Waals surface area contributed by atoms with E-state index >= 15 is 0 Å². The second-order valence-electron chi connectivity index (χ2n) is 8.69. The van der Waals surface area contributed by atoms with Gasteiger partial charge in [-0.1, -0.05) is 30.0 Å². The molecule has 3 heterocycles. The van der Waals surface area contributed by atoms with Crippen molar-refractivity contribution in [2.75, 3.05) is 38.0 Å². The van der Waals surface area contributed by atoms with Gasteiger partial charge in [-0.2, -0.15) is 0 Å². The summed E-state index contributed by atoms with van der Waals surface area (Å²) < 4.78 is 31.8. The Morgan fingerprint density at radius 2 is 1.81 bits per heavy atom. The Labute approximate surface area is 211 Å². The van der Waals surface area contributed by atoms with Gasteiger partial charge in [0, 0.05) is 24.5 Å². The maximum atomic E-state index is 13.8. The van der Waals surface area contributed by atoms with Gasteiger partial charge >= 0.3 is 0 Å². The molecule has 2 aliphatic rings. The number of benzene rings is 3. The summed E-state index contributed by atoms with van der Waals surface area (Å²) in [5, 5.41) is 1.14. The molecule has 0 radical (unpaired) electrons. The van der Waals surface area contributed by atoms with Gasteiger partial charge in [0.2, 0.25) is 6.79 Å². The van der Waals surface area contributed by atoms with Crippen molar-refractivity contribution < 1.29 is 18.6 Å². The van der Waals surface area contributed by atoms with Gasteiger partial charge in [-0.3, -0.25) is 9.36 Å². The van der Waals surface area contributed by atoms with Crippen molar-refractivity contribution in [3.05, 3.63) is 88.0 Å². The van der Waals surface area contributed by atoms with E-state index in [9.17, 15) is 9.18 Å². The molecule has 1 saturated heterocycles. The fourth-order valence-electron chi connectivity index (χ4n) is 4.45. The van der Waals surface area contributed by atoms with Crippen molar-refractivity contribution in [1.29, 1.82) is 0 Å². The molecule has 4 aromatic rings. The lowest BCUT2D eigenvalue weighted by atomic mass is 10.1. The molecule has 36 heavy (non-hydrogen) atoms. The monoisotopic (exact) mass is 505 g/mol. The number of ether oxygens (including phenoxy) is 3. The first kappa shape index (κ1) is 22.9. The van der Waals surface area contributed by atoms with Crippen LogP contribution in [0.5, 0.6) is 11.5 Å². The van der Waals surface area contributed by atoms with E-state index in [2.05, 4.69) is 4.90 Å². The zero-order valence-electron chi connectivity index (χ0n) is 19.5. The van der Waals surface area contributed by atoms with Crippen molar-refractivity contribution in [2.24, 2.45) is 0 Å². The lowest BCUT2D eigenvalue weighted by molar-refractivity contribution is 0.122. The number of thioether (sulfide) groups is 1. The van der Waals surface area contributed by atoms with Crippen LogP contribution in [0.1, 0.15) is 11.1 Å². The highest BCUT2D eigenvalue weighted by Crippen LogP contribution is 2.33. The van der Waals surface area contributed by atoms with Gasteiger partial charge in [0.15, 0.2) is 16.7 Å². The Kier molecular flexibility index (Phi) is 6.25. The van der Waals surface area contributed by atoms with Gasteiger partial charge in [-0.15, -0.1) is 0 Å². The molecule has 0 unspecified atom stereocenters. The van der Waals surface area contributed by atoms with Crippen LogP contribution in [0.4, 0.5) is 10.1 Å². The minimum absolute atomic E-state index is 0.116. The van der Waals surface area contributed by atoms with Crippen molar-refractivity contribution in [3.8, 4) is 11.5 Å². The summed E-state index contributed by atoms with van der Waals surface area (Å²) in [4.78, 5) is 20.9. The number of anilines is 1. The molecule has 0 bridgehead atoms. The summed E-state index contributed by atoms with van der Waals surface area (Å²) in [5.74, 6) is 1.56. The number of nitrogens with zero attached hydrogens (tertiary/aromatic N) is 3. The standard InChI is InChI=1S/C27H24FN3O4S/c28-20-3-1-2-19(12-20)16-36-27-29-23-6-5-21(30-8-10-33-11-9-30)14-22(23)26(32)31(27)15-18-4-7-24-25(13-18)35-17-34-24/h1-7,12-14H,8-11,15-17H2. The molecule has 0 atom stereocenters. The molecule has 0 spiro atoms. The molecule has 7 nitrogen and oxygen atoms in total. The van der Waals surface area contributed by atoms with E-state index < -0.39 is 0 Å². The van der Waals surface area contributed by atoms with Gasteiger partial charge in [0.1, 0.15) is 5.82 Å². The smallest absolute Gasteiger partial charge is 0.262 e. The Bertz CT molecular complexity index is 1490. The predicted octanol–water partition coefficient (Wildman–Crippen LogP) is 4.44. The highest BCUT2D eigenvalue weighted by molar-refractivity contribution is 7.98. The molecule has 1 aromatic heterocycles. The van der Waals surface area contributed by atoms with Crippen LogP contribution >= 0.6 is 11.8 Å². The summed E-state index contributed by atoms with van der Waals surface area (Å²) >= 11 is 1.42. The third-order valence-electron chi connectivity index (χ3n) is 6.31. The summed E-state index contributed by atoms with van der Waals surface area (Å²) in [6.07, 6.45) is 0. The van der Waals surface area contributed by atoms with Crippen molar-refractivity contribution in [3.63, 3.8) is 0 Å². The summed E-state index contributed by atoms with van der Waals surface area (Å²) in [6, 6.07) is 18.0. The number of halogens is 1. The molecule has 184 valence electrons. The molecular formula is C27H24FN3O4S. The Hall–Kier alpha value is -3.56. The first-order valence-corrected chi connectivity index (χ1v) is 12.8. The number of rotatable bonds is 6. The van der Waals surface area contributed by atoms with Crippen LogP contribution < -0.4 is 19.9 Å². The molecule has 2 aliphatic heterocycles. The van der Waals surface area contributed by atoms with Gasteiger partial charge in [0.25, 0.3) is 5.56 Å². The first-order valence-electron chi connectivity index (χ1n) is 11.8. The molecule has 1 fully saturated rings. The van der Waals surface area contributed by atoms with Crippen LogP contribution in [-0.2, 0) is 17.0 Å². The average Bonchev–Trinajstić information content (AvgIpc) is 3.38. The Balaban J connectivity index is 1.40. The maximum Gasteiger partial charge on any atom is 0.262 e. The van der Waals surface area contributed by atoms with Gasteiger partial charge in [-0.25, -0.2) is 9.37 Å². The van der Waals surface area contributed by atoms with E-state index in [1.54, 1.807) is 10.6 Å². The SMILES string of the molecule is O=c1c2cc(N3CCOCC3)ccc2nc(SCc2cccc(F)c2)n1Cc1ccc2c(c1)OCO2. The molecular weight excluding hydrogens is 481 g/mol. The van der Waals surface area contributed by atoms with E-state index in [-0.39, 0.29) is 18.2 Å². The van der Waals surface area contributed by atoms with Crippen LogP contribution in [0.25, 0.3) is 10.9 Å². The van der Waals surface area contributed by atoms with Crippen LogP contribution in [0.3, 0.4) is 0 Å². The van der Waals surface area contributed by atoms with Crippen LogP contribution in [0.2, 0.25) is 0 Å². The molecule has 0 N–H and O–H groups in total. The normalized spacial score (nSPS) is 15.0. The number of fused-ring (bicyclic) bond motifs is 2. The zero-order chi connectivity index (χ0) is 24.5. The third-order valence-corrected chi connectivity index (χ3v) is 7.36. The Morgan fingerprint density at radius 1 is 0.944 bits per heavy atom.